The molecule has 0 aromatic carbocycles. The molecule has 1 aromatic heterocycles. The molecule has 1 aromatic rings. The average Bonchev–Trinajstić information content (AvgIpc) is 2.30. The van der Waals surface area contributed by atoms with E-state index in [-0.39, 0.29) is 12.4 Å². The van der Waals surface area contributed by atoms with Crippen LogP contribution in [0, 0.1) is 6.92 Å². The highest BCUT2D eigenvalue weighted by atomic mass is 35.5. The Balaban J connectivity index is 0.00000128. The van der Waals surface area contributed by atoms with Gasteiger partial charge in [0.15, 0.2) is 0 Å². The summed E-state index contributed by atoms with van der Waals surface area (Å²) >= 11 is 0. The molecular formula is C12H20ClN3. The van der Waals surface area contributed by atoms with Gasteiger partial charge in [-0.1, -0.05) is 6.07 Å². The van der Waals surface area contributed by atoms with Crippen LogP contribution in [0.2, 0.25) is 0 Å². The Morgan fingerprint density at radius 3 is 2.81 bits per heavy atom. The summed E-state index contributed by atoms with van der Waals surface area (Å²) < 4.78 is 0. The van der Waals surface area contributed by atoms with Gasteiger partial charge in [-0.15, -0.1) is 12.4 Å². The van der Waals surface area contributed by atoms with Gasteiger partial charge in [0.1, 0.15) is 5.82 Å². The van der Waals surface area contributed by atoms with Crippen molar-refractivity contribution in [2.75, 3.05) is 25.0 Å². The van der Waals surface area contributed by atoms with Crippen molar-refractivity contribution in [1.82, 2.24) is 10.3 Å². The van der Waals surface area contributed by atoms with Crippen LogP contribution in [-0.2, 0) is 0 Å². The summed E-state index contributed by atoms with van der Waals surface area (Å²) in [6, 6.07) is 4.81. The molecule has 2 rings (SSSR count). The van der Waals surface area contributed by atoms with Gasteiger partial charge in [0, 0.05) is 25.8 Å². The third kappa shape index (κ3) is 3.09. The Bertz CT molecular complexity index is 307. The molecule has 1 fully saturated rings. The zero-order valence-corrected chi connectivity index (χ0v) is 10.8. The number of halogens is 1. The third-order valence-electron chi connectivity index (χ3n) is 3.08. The Labute approximate surface area is 104 Å². The van der Waals surface area contributed by atoms with Crippen molar-refractivity contribution in [2.24, 2.45) is 0 Å². The predicted molar refractivity (Wildman–Crippen MR) is 70.5 cm³/mol. The summed E-state index contributed by atoms with van der Waals surface area (Å²) in [5.41, 5.74) is 1.22. The minimum absolute atomic E-state index is 0. The minimum atomic E-state index is 0. The van der Waals surface area contributed by atoms with Gasteiger partial charge in [0.25, 0.3) is 0 Å². The van der Waals surface area contributed by atoms with Gasteiger partial charge in [-0.05, 0) is 37.9 Å². The van der Waals surface area contributed by atoms with Gasteiger partial charge in [0.2, 0.25) is 0 Å². The van der Waals surface area contributed by atoms with Crippen molar-refractivity contribution in [2.45, 2.75) is 25.8 Å². The van der Waals surface area contributed by atoms with E-state index >= 15 is 0 Å². The lowest BCUT2D eigenvalue weighted by Gasteiger charge is -2.32. The first-order valence-electron chi connectivity index (χ1n) is 5.63. The molecule has 0 aliphatic carbocycles. The van der Waals surface area contributed by atoms with Gasteiger partial charge in [-0.25, -0.2) is 4.98 Å². The zero-order valence-electron chi connectivity index (χ0n) is 9.94. The van der Waals surface area contributed by atoms with E-state index in [1.54, 1.807) is 0 Å². The number of aromatic nitrogens is 1. The second-order valence-corrected chi connectivity index (χ2v) is 4.30. The van der Waals surface area contributed by atoms with Crippen molar-refractivity contribution in [3.8, 4) is 0 Å². The Morgan fingerprint density at radius 1 is 1.44 bits per heavy atom. The number of piperidine rings is 1. The van der Waals surface area contributed by atoms with Crippen LogP contribution in [-0.4, -0.2) is 31.2 Å². The lowest BCUT2D eigenvalue weighted by atomic mass is 10.1. The molecule has 1 aliphatic rings. The lowest BCUT2D eigenvalue weighted by molar-refractivity contribution is 0.443. The van der Waals surface area contributed by atoms with Crippen LogP contribution in [0.15, 0.2) is 18.3 Å². The first-order chi connectivity index (χ1) is 7.27. The smallest absolute Gasteiger partial charge is 0.128 e. The summed E-state index contributed by atoms with van der Waals surface area (Å²) in [6.45, 7) is 4.30. The third-order valence-corrected chi connectivity index (χ3v) is 3.08. The summed E-state index contributed by atoms with van der Waals surface area (Å²) in [4.78, 5) is 6.73. The molecule has 0 amide bonds. The van der Waals surface area contributed by atoms with Crippen LogP contribution in [0.1, 0.15) is 18.4 Å². The molecule has 90 valence electrons. The first kappa shape index (κ1) is 13.3. The van der Waals surface area contributed by atoms with E-state index in [0.29, 0.717) is 6.04 Å². The monoisotopic (exact) mass is 241 g/mol. The molecule has 16 heavy (non-hydrogen) atoms. The van der Waals surface area contributed by atoms with Crippen molar-refractivity contribution in [1.29, 1.82) is 0 Å². The van der Waals surface area contributed by atoms with E-state index in [2.05, 4.69) is 41.3 Å². The molecule has 0 bridgehead atoms. The van der Waals surface area contributed by atoms with Crippen LogP contribution >= 0.6 is 12.4 Å². The molecule has 1 atom stereocenters. The van der Waals surface area contributed by atoms with Crippen LogP contribution in [0.4, 0.5) is 5.82 Å². The fourth-order valence-corrected chi connectivity index (χ4v) is 2.02. The number of nitrogens with zero attached hydrogens (tertiary/aromatic N) is 2. The predicted octanol–water partition coefficient (Wildman–Crippen LogP) is 2.00. The zero-order chi connectivity index (χ0) is 10.7. The molecule has 3 nitrogen and oxygen atoms in total. The topological polar surface area (TPSA) is 28.2 Å². The number of nitrogens with one attached hydrogen (secondary N) is 1. The largest absolute Gasteiger partial charge is 0.355 e. The fraction of sp³-hybridized carbons (Fsp3) is 0.583. The number of anilines is 1. The quantitative estimate of drug-likeness (QED) is 0.859. The molecule has 1 aliphatic heterocycles. The van der Waals surface area contributed by atoms with Crippen molar-refractivity contribution < 1.29 is 0 Å². The second kappa shape index (κ2) is 6.06. The van der Waals surface area contributed by atoms with E-state index in [1.807, 2.05) is 6.20 Å². The highest BCUT2D eigenvalue weighted by Crippen LogP contribution is 2.16. The number of hydrogen-bond donors (Lipinski definition) is 1. The van der Waals surface area contributed by atoms with E-state index in [9.17, 15) is 0 Å². The summed E-state index contributed by atoms with van der Waals surface area (Å²) in [5, 5.41) is 3.43. The van der Waals surface area contributed by atoms with E-state index in [0.717, 1.165) is 18.9 Å². The highest BCUT2D eigenvalue weighted by Gasteiger charge is 2.18. The molecule has 1 N–H and O–H groups in total. The number of rotatable bonds is 2. The van der Waals surface area contributed by atoms with Gasteiger partial charge in [-0.3, -0.25) is 0 Å². The van der Waals surface area contributed by atoms with Gasteiger partial charge in [0.05, 0.1) is 0 Å². The van der Waals surface area contributed by atoms with E-state index < -0.39 is 0 Å². The summed E-state index contributed by atoms with van der Waals surface area (Å²) in [5.74, 6) is 1.08. The lowest BCUT2D eigenvalue weighted by Crippen LogP contribution is -2.44. The van der Waals surface area contributed by atoms with Crippen molar-refractivity contribution in [3.05, 3.63) is 23.9 Å². The SMILES string of the molecule is Cc1ccc(N(C)[C@@H]2CCCNC2)nc1.Cl. The maximum Gasteiger partial charge on any atom is 0.128 e. The Morgan fingerprint density at radius 2 is 2.25 bits per heavy atom. The van der Waals surface area contributed by atoms with Crippen LogP contribution in [0.3, 0.4) is 0 Å². The van der Waals surface area contributed by atoms with E-state index in [1.165, 1.54) is 18.4 Å². The summed E-state index contributed by atoms with van der Waals surface area (Å²) in [7, 11) is 2.13. The molecule has 1 saturated heterocycles. The standard InChI is InChI=1S/C12H19N3.ClH/c1-10-5-6-12(14-8-10)15(2)11-4-3-7-13-9-11;/h5-6,8,11,13H,3-4,7,9H2,1-2H3;1H/t11-;/m1./s1. The maximum atomic E-state index is 4.45. The molecule has 2 heterocycles. The van der Waals surface area contributed by atoms with Crippen LogP contribution < -0.4 is 10.2 Å². The summed E-state index contributed by atoms with van der Waals surface area (Å²) in [6.07, 6.45) is 4.46. The van der Waals surface area contributed by atoms with Crippen LogP contribution in [0.5, 0.6) is 0 Å². The Kier molecular flexibility index (Phi) is 5.03. The number of aryl methyl sites for hydroxylation is 1. The second-order valence-electron chi connectivity index (χ2n) is 4.30. The fourth-order valence-electron chi connectivity index (χ4n) is 2.02. The molecule has 4 heteroatoms. The van der Waals surface area contributed by atoms with Gasteiger partial charge >= 0.3 is 0 Å². The number of likely N-dealkylation sites (N-methyl/N-ethyl adjacent to an activating group) is 1. The molecule has 0 unspecified atom stereocenters. The van der Waals surface area contributed by atoms with Crippen molar-refractivity contribution >= 4 is 18.2 Å². The normalized spacial score (nSPS) is 20.0. The maximum absolute atomic E-state index is 4.45. The van der Waals surface area contributed by atoms with Gasteiger partial charge < -0.3 is 10.2 Å². The molecular weight excluding hydrogens is 222 g/mol. The highest BCUT2D eigenvalue weighted by molar-refractivity contribution is 5.85. The van der Waals surface area contributed by atoms with Crippen LogP contribution in [0.25, 0.3) is 0 Å². The van der Waals surface area contributed by atoms with Crippen molar-refractivity contribution in [3.63, 3.8) is 0 Å². The number of pyridine rings is 1. The molecule has 0 radical (unpaired) electrons. The minimum Gasteiger partial charge on any atom is -0.355 e. The number of hydrogen-bond acceptors (Lipinski definition) is 3. The van der Waals surface area contributed by atoms with Gasteiger partial charge in [-0.2, -0.15) is 0 Å². The molecule has 0 spiro atoms. The van der Waals surface area contributed by atoms with E-state index in [4.69, 9.17) is 0 Å². The Hall–Kier alpha value is -0.800. The average molecular weight is 242 g/mol. The first-order valence-corrected chi connectivity index (χ1v) is 5.63. The molecule has 0 saturated carbocycles.